The Morgan fingerprint density at radius 3 is 2.81 bits per heavy atom. The van der Waals surface area contributed by atoms with Gasteiger partial charge in [-0.25, -0.2) is 19.6 Å². The number of alkyl carbamates (subject to hydrolysis) is 1. The van der Waals surface area contributed by atoms with Crippen molar-refractivity contribution in [3.05, 3.63) is 24.3 Å². The van der Waals surface area contributed by atoms with Crippen LogP contribution in [0.2, 0.25) is 0 Å². The second-order valence-electron chi connectivity index (χ2n) is 7.06. The highest BCUT2D eigenvalue weighted by Crippen LogP contribution is 2.20. The molecular weight excluding hydrogens is 338 g/mol. The van der Waals surface area contributed by atoms with E-state index in [0.29, 0.717) is 12.4 Å². The molecule has 1 aromatic rings. The van der Waals surface area contributed by atoms with Gasteiger partial charge in [0.25, 0.3) is 0 Å². The summed E-state index contributed by atoms with van der Waals surface area (Å²) in [4.78, 5) is 33.4. The first-order chi connectivity index (χ1) is 12.2. The van der Waals surface area contributed by atoms with Gasteiger partial charge in [-0.05, 0) is 39.7 Å². The highest BCUT2D eigenvalue weighted by molar-refractivity contribution is 6.13. The Balaban J connectivity index is 2.08. The monoisotopic (exact) mass is 363 g/mol. The van der Waals surface area contributed by atoms with E-state index in [0.717, 1.165) is 25.6 Å². The lowest BCUT2D eigenvalue weighted by Gasteiger charge is -2.34. The molecule has 2 rings (SSSR count). The average molecular weight is 363 g/mol. The molecule has 26 heavy (non-hydrogen) atoms. The second-order valence-corrected chi connectivity index (χ2v) is 7.06. The predicted molar refractivity (Wildman–Crippen MR) is 96.4 cm³/mol. The van der Waals surface area contributed by atoms with Gasteiger partial charge in [0.1, 0.15) is 17.0 Å². The standard InChI is InChI=1S/C17H25N5O4/c1-17(2,3)26-16(25)20-11-5-4-8-22(10-11)13-6-7-19-14(21-13)12(9-18)15(23)24/h6-7,9,11H,4-5,8,10,18H2,1-3H3,(H,20,25)(H,23,24)/t11-/m1/s1. The Bertz CT molecular complexity index is 699. The first-order valence-corrected chi connectivity index (χ1v) is 8.42. The molecule has 0 spiro atoms. The molecule has 0 aliphatic carbocycles. The van der Waals surface area contributed by atoms with E-state index in [4.69, 9.17) is 15.6 Å². The molecule has 1 amide bonds. The minimum absolute atomic E-state index is 0.0553. The molecule has 1 atom stereocenters. The molecule has 1 fully saturated rings. The third-order valence-electron chi connectivity index (χ3n) is 3.75. The van der Waals surface area contributed by atoms with Crippen LogP contribution in [-0.4, -0.2) is 51.9 Å². The van der Waals surface area contributed by atoms with Gasteiger partial charge in [0.05, 0.1) is 0 Å². The molecule has 0 unspecified atom stereocenters. The van der Waals surface area contributed by atoms with Crippen molar-refractivity contribution in [2.24, 2.45) is 5.73 Å². The third-order valence-corrected chi connectivity index (χ3v) is 3.75. The Hall–Kier alpha value is -2.84. The number of carbonyl (C=O) groups is 2. The maximum Gasteiger partial charge on any atom is 0.407 e. The summed E-state index contributed by atoms with van der Waals surface area (Å²) in [6.45, 7) is 6.73. The predicted octanol–water partition coefficient (Wildman–Crippen LogP) is 1.35. The van der Waals surface area contributed by atoms with Gasteiger partial charge in [0.15, 0.2) is 5.82 Å². The van der Waals surface area contributed by atoms with Gasteiger partial charge in [0.2, 0.25) is 0 Å². The maximum absolute atomic E-state index is 12.0. The zero-order valence-electron chi connectivity index (χ0n) is 15.2. The topological polar surface area (TPSA) is 131 Å². The van der Waals surface area contributed by atoms with Crippen LogP contribution in [0, 0.1) is 0 Å². The van der Waals surface area contributed by atoms with Crippen LogP contribution in [0.5, 0.6) is 0 Å². The molecule has 0 saturated carbocycles. The Labute approximate surface area is 152 Å². The van der Waals surface area contributed by atoms with E-state index in [1.807, 2.05) is 25.7 Å². The molecule has 1 aliphatic heterocycles. The van der Waals surface area contributed by atoms with E-state index in [1.165, 1.54) is 6.20 Å². The zero-order chi connectivity index (χ0) is 19.3. The second kappa shape index (κ2) is 8.03. The lowest BCUT2D eigenvalue weighted by Crippen LogP contribution is -2.49. The van der Waals surface area contributed by atoms with Crippen LogP contribution in [0.15, 0.2) is 18.5 Å². The Kier molecular flexibility index (Phi) is 6.01. The molecule has 0 aromatic carbocycles. The van der Waals surface area contributed by atoms with Gasteiger partial charge < -0.3 is 25.8 Å². The summed E-state index contributed by atoms with van der Waals surface area (Å²) in [5, 5.41) is 12.0. The highest BCUT2D eigenvalue weighted by atomic mass is 16.6. The first-order valence-electron chi connectivity index (χ1n) is 8.42. The summed E-state index contributed by atoms with van der Waals surface area (Å²) in [6, 6.07) is 1.62. The number of piperidine rings is 1. The van der Waals surface area contributed by atoms with E-state index in [9.17, 15) is 9.59 Å². The van der Waals surface area contributed by atoms with Crippen LogP contribution in [0.3, 0.4) is 0 Å². The molecule has 1 aromatic heterocycles. The van der Waals surface area contributed by atoms with Crippen LogP contribution >= 0.6 is 0 Å². The number of hydrogen-bond acceptors (Lipinski definition) is 7. The van der Waals surface area contributed by atoms with Crippen molar-refractivity contribution in [2.45, 2.75) is 45.3 Å². The van der Waals surface area contributed by atoms with Crippen molar-refractivity contribution in [1.29, 1.82) is 0 Å². The normalized spacial score (nSPS) is 18.3. The van der Waals surface area contributed by atoms with Crippen molar-refractivity contribution < 1.29 is 19.4 Å². The summed E-state index contributed by atoms with van der Waals surface area (Å²) >= 11 is 0. The van der Waals surface area contributed by atoms with Gasteiger partial charge in [0, 0.05) is 31.5 Å². The summed E-state index contributed by atoms with van der Waals surface area (Å²) < 4.78 is 5.29. The quantitative estimate of drug-likeness (QED) is 0.683. The molecule has 0 radical (unpaired) electrons. The summed E-state index contributed by atoms with van der Waals surface area (Å²) in [5.74, 6) is -0.543. The number of ether oxygens (including phenoxy) is 1. The highest BCUT2D eigenvalue weighted by Gasteiger charge is 2.25. The number of carboxylic acids is 1. The van der Waals surface area contributed by atoms with Crippen molar-refractivity contribution >= 4 is 23.5 Å². The molecule has 9 heteroatoms. The number of aliphatic carboxylic acids is 1. The van der Waals surface area contributed by atoms with Gasteiger partial charge in [-0.1, -0.05) is 0 Å². The average Bonchev–Trinajstić information content (AvgIpc) is 2.54. The van der Waals surface area contributed by atoms with Crippen molar-refractivity contribution in [3.63, 3.8) is 0 Å². The molecule has 142 valence electrons. The fourth-order valence-electron chi connectivity index (χ4n) is 2.67. The van der Waals surface area contributed by atoms with Gasteiger partial charge >= 0.3 is 12.1 Å². The number of aromatic nitrogens is 2. The lowest BCUT2D eigenvalue weighted by molar-refractivity contribution is -0.130. The maximum atomic E-state index is 12.0. The Morgan fingerprint density at radius 2 is 2.19 bits per heavy atom. The van der Waals surface area contributed by atoms with Crippen molar-refractivity contribution in [2.75, 3.05) is 18.0 Å². The number of rotatable bonds is 4. The number of nitrogens with two attached hydrogens (primary N) is 1. The summed E-state index contributed by atoms with van der Waals surface area (Å²) in [7, 11) is 0. The van der Waals surface area contributed by atoms with E-state index in [-0.39, 0.29) is 17.4 Å². The zero-order valence-corrected chi connectivity index (χ0v) is 15.2. The van der Waals surface area contributed by atoms with E-state index < -0.39 is 17.7 Å². The van der Waals surface area contributed by atoms with Gasteiger partial charge in [-0.15, -0.1) is 0 Å². The largest absolute Gasteiger partial charge is 0.477 e. The third kappa shape index (κ3) is 5.33. The molecule has 1 saturated heterocycles. The van der Waals surface area contributed by atoms with Gasteiger partial charge in [-0.3, -0.25) is 0 Å². The van der Waals surface area contributed by atoms with Crippen LogP contribution in [0.25, 0.3) is 5.57 Å². The number of anilines is 1. The smallest absolute Gasteiger partial charge is 0.407 e. The van der Waals surface area contributed by atoms with Crippen molar-refractivity contribution in [1.82, 2.24) is 15.3 Å². The summed E-state index contributed by atoms with van der Waals surface area (Å²) in [5.41, 5.74) is 4.65. The van der Waals surface area contributed by atoms with Crippen LogP contribution in [0.1, 0.15) is 39.4 Å². The number of nitrogens with one attached hydrogen (secondary N) is 1. The number of carboxylic acid groups (broad SMARTS) is 1. The fraction of sp³-hybridized carbons (Fsp3) is 0.529. The molecule has 4 N–H and O–H groups in total. The van der Waals surface area contributed by atoms with Crippen LogP contribution in [-0.2, 0) is 9.53 Å². The summed E-state index contributed by atoms with van der Waals surface area (Å²) in [6.07, 6.45) is 3.71. The minimum Gasteiger partial charge on any atom is -0.477 e. The number of amides is 1. The number of hydrogen-bond donors (Lipinski definition) is 3. The Morgan fingerprint density at radius 1 is 1.46 bits per heavy atom. The molecule has 0 bridgehead atoms. The fourth-order valence-corrected chi connectivity index (χ4v) is 2.67. The first kappa shape index (κ1) is 19.5. The van der Waals surface area contributed by atoms with Gasteiger partial charge in [-0.2, -0.15) is 0 Å². The van der Waals surface area contributed by atoms with Crippen LogP contribution < -0.4 is 16.0 Å². The van der Waals surface area contributed by atoms with Crippen LogP contribution in [0.4, 0.5) is 10.6 Å². The van der Waals surface area contributed by atoms with Crippen molar-refractivity contribution in [3.8, 4) is 0 Å². The SMILES string of the molecule is CC(C)(C)OC(=O)N[C@@H]1CCCN(c2ccnc(C(=CN)C(=O)O)n2)C1. The van der Waals surface area contributed by atoms with E-state index in [2.05, 4.69) is 15.3 Å². The number of nitrogens with zero attached hydrogens (tertiary/aromatic N) is 3. The molecular formula is C17H25N5O4. The van der Waals surface area contributed by atoms with E-state index in [1.54, 1.807) is 6.07 Å². The molecule has 9 nitrogen and oxygen atoms in total. The lowest BCUT2D eigenvalue weighted by atomic mass is 10.1. The minimum atomic E-state index is -1.19. The molecule has 2 heterocycles. The molecule has 1 aliphatic rings. The number of carbonyl (C=O) groups excluding carboxylic acids is 1. The van der Waals surface area contributed by atoms with E-state index >= 15 is 0 Å².